The number of carbonyl (C=O) groups excluding carboxylic acids is 1. The van der Waals surface area contributed by atoms with Crippen molar-refractivity contribution in [3.8, 4) is 0 Å². The van der Waals surface area contributed by atoms with Crippen LogP contribution in [-0.4, -0.2) is 28.2 Å². The van der Waals surface area contributed by atoms with Crippen LogP contribution in [0.2, 0.25) is 5.02 Å². The molecule has 1 rings (SSSR count). The molecular formula is C13H22ClN3O. The average molecular weight is 272 g/mol. The van der Waals surface area contributed by atoms with Crippen LogP contribution in [0.4, 0.5) is 0 Å². The normalized spacial score (nSPS) is 12.7. The Kier molecular flexibility index (Phi) is 5.82. The van der Waals surface area contributed by atoms with Gasteiger partial charge < -0.3 is 5.32 Å². The third-order valence-electron chi connectivity index (χ3n) is 2.95. The molecule has 1 atom stereocenters. The van der Waals surface area contributed by atoms with E-state index >= 15 is 0 Å². The Bertz CT molecular complexity index is 415. The molecule has 0 aromatic carbocycles. The maximum Gasteiger partial charge on any atom is 0.140 e. The number of ketones is 1. The lowest BCUT2D eigenvalue weighted by Crippen LogP contribution is -2.28. The van der Waals surface area contributed by atoms with Crippen molar-refractivity contribution < 1.29 is 4.79 Å². The van der Waals surface area contributed by atoms with Crippen LogP contribution >= 0.6 is 11.6 Å². The highest BCUT2D eigenvalue weighted by Gasteiger charge is 2.17. The molecule has 18 heavy (non-hydrogen) atoms. The topological polar surface area (TPSA) is 46.9 Å². The van der Waals surface area contributed by atoms with E-state index in [1.165, 1.54) is 0 Å². The Balaban J connectivity index is 2.67. The van der Waals surface area contributed by atoms with Crippen molar-refractivity contribution in [3.05, 3.63) is 16.4 Å². The van der Waals surface area contributed by atoms with E-state index < -0.39 is 0 Å². The molecular weight excluding hydrogens is 250 g/mol. The molecule has 1 heterocycles. The summed E-state index contributed by atoms with van der Waals surface area (Å²) in [5.41, 5.74) is 1.68. The van der Waals surface area contributed by atoms with Crippen molar-refractivity contribution in [2.75, 3.05) is 6.54 Å². The lowest BCUT2D eigenvalue weighted by molar-refractivity contribution is -0.118. The van der Waals surface area contributed by atoms with Gasteiger partial charge in [-0.25, -0.2) is 0 Å². The lowest BCUT2D eigenvalue weighted by atomic mass is 10.1. The van der Waals surface area contributed by atoms with Crippen molar-refractivity contribution in [2.45, 2.75) is 46.1 Å². The highest BCUT2D eigenvalue weighted by Crippen LogP contribution is 2.21. The molecule has 0 bridgehead atoms. The lowest BCUT2D eigenvalue weighted by Gasteiger charge is -2.11. The van der Waals surface area contributed by atoms with Gasteiger partial charge in [-0.05, 0) is 19.9 Å². The highest BCUT2D eigenvalue weighted by atomic mass is 35.5. The molecule has 0 amide bonds. The summed E-state index contributed by atoms with van der Waals surface area (Å²) in [6, 6.07) is 0.208. The number of hydrogen-bond acceptors (Lipinski definition) is 3. The summed E-state index contributed by atoms with van der Waals surface area (Å²) >= 11 is 6.22. The van der Waals surface area contributed by atoms with Crippen LogP contribution in [0.3, 0.4) is 0 Å². The quantitative estimate of drug-likeness (QED) is 0.827. The smallest absolute Gasteiger partial charge is 0.140 e. The van der Waals surface area contributed by atoms with Crippen LogP contribution in [0.5, 0.6) is 0 Å². The fraction of sp³-hybridized carbons (Fsp3) is 0.692. The predicted octanol–water partition coefficient (Wildman–Crippen LogP) is 2.14. The molecule has 0 saturated heterocycles. The van der Waals surface area contributed by atoms with Crippen LogP contribution in [0.15, 0.2) is 0 Å². The number of aromatic nitrogens is 2. The van der Waals surface area contributed by atoms with Crippen molar-refractivity contribution in [1.29, 1.82) is 0 Å². The molecule has 0 spiro atoms. The van der Waals surface area contributed by atoms with Gasteiger partial charge in [-0.1, -0.05) is 25.4 Å². The van der Waals surface area contributed by atoms with Gasteiger partial charge in [0, 0.05) is 25.9 Å². The number of hydrogen-bond donors (Lipinski definition) is 1. The zero-order valence-electron chi connectivity index (χ0n) is 11.6. The minimum atomic E-state index is 0.191. The number of Topliss-reactive ketones (excluding diaryl/α,β-unsaturated/α-hetero) is 1. The van der Waals surface area contributed by atoms with Gasteiger partial charge in [-0.15, -0.1) is 0 Å². The summed E-state index contributed by atoms with van der Waals surface area (Å²) in [6.07, 6.45) is 1.67. The first-order valence-corrected chi connectivity index (χ1v) is 6.82. The molecule has 0 radical (unpaired) electrons. The standard InChI is InChI=1S/C13H22ClN3O/c1-5-11-13(14)12(17(4)16-11)8-10(18)7-9(3)15-6-2/h9,15H,5-8H2,1-4H3. The molecule has 102 valence electrons. The number of rotatable bonds is 7. The first-order chi connectivity index (χ1) is 8.49. The van der Waals surface area contributed by atoms with Crippen molar-refractivity contribution in [3.63, 3.8) is 0 Å². The molecule has 5 heteroatoms. The molecule has 0 fully saturated rings. The van der Waals surface area contributed by atoms with E-state index in [0.717, 1.165) is 24.4 Å². The van der Waals surface area contributed by atoms with Crippen LogP contribution in [0.1, 0.15) is 38.6 Å². The van der Waals surface area contributed by atoms with E-state index in [2.05, 4.69) is 10.4 Å². The Labute approximate surface area is 114 Å². The Morgan fingerprint density at radius 1 is 1.50 bits per heavy atom. The number of nitrogens with one attached hydrogen (secondary N) is 1. The molecule has 0 aliphatic rings. The average Bonchev–Trinajstić information content (AvgIpc) is 2.56. The fourth-order valence-corrected chi connectivity index (χ4v) is 2.39. The minimum Gasteiger partial charge on any atom is -0.314 e. The first-order valence-electron chi connectivity index (χ1n) is 6.44. The van der Waals surface area contributed by atoms with Gasteiger partial charge in [-0.2, -0.15) is 5.10 Å². The molecule has 4 nitrogen and oxygen atoms in total. The molecule has 1 aromatic heterocycles. The van der Waals surface area contributed by atoms with Crippen LogP contribution in [0, 0.1) is 0 Å². The molecule has 1 N–H and O–H groups in total. The van der Waals surface area contributed by atoms with Gasteiger partial charge in [-0.3, -0.25) is 9.48 Å². The van der Waals surface area contributed by atoms with Gasteiger partial charge in [0.2, 0.25) is 0 Å². The Morgan fingerprint density at radius 3 is 2.67 bits per heavy atom. The second-order valence-electron chi connectivity index (χ2n) is 4.56. The van der Waals surface area contributed by atoms with Crippen LogP contribution in [-0.2, 0) is 24.7 Å². The zero-order valence-corrected chi connectivity index (χ0v) is 12.3. The second-order valence-corrected chi connectivity index (χ2v) is 4.94. The summed E-state index contributed by atoms with van der Waals surface area (Å²) < 4.78 is 1.72. The molecule has 0 saturated carbocycles. The Hall–Kier alpha value is -0.870. The number of halogens is 1. The van der Waals surface area contributed by atoms with E-state index in [-0.39, 0.29) is 11.8 Å². The van der Waals surface area contributed by atoms with E-state index in [0.29, 0.717) is 17.9 Å². The number of nitrogens with zero attached hydrogens (tertiary/aromatic N) is 2. The zero-order chi connectivity index (χ0) is 13.7. The molecule has 0 aliphatic heterocycles. The van der Waals surface area contributed by atoms with Gasteiger partial charge in [0.15, 0.2) is 0 Å². The summed E-state index contributed by atoms with van der Waals surface area (Å²) in [5, 5.41) is 8.19. The molecule has 1 unspecified atom stereocenters. The third kappa shape index (κ3) is 3.82. The third-order valence-corrected chi connectivity index (χ3v) is 3.39. The van der Waals surface area contributed by atoms with Gasteiger partial charge >= 0.3 is 0 Å². The van der Waals surface area contributed by atoms with E-state index in [9.17, 15) is 4.79 Å². The van der Waals surface area contributed by atoms with Gasteiger partial charge in [0.05, 0.1) is 16.4 Å². The Morgan fingerprint density at radius 2 is 2.17 bits per heavy atom. The van der Waals surface area contributed by atoms with Crippen LogP contribution in [0.25, 0.3) is 0 Å². The van der Waals surface area contributed by atoms with Crippen LogP contribution < -0.4 is 5.32 Å². The summed E-state index contributed by atoms with van der Waals surface area (Å²) in [5.74, 6) is 0.191. The van der Waals surface area contributed by atoms with Crippen molar-refractivity contribution in [2.24, 2.45) is 7.05 Å². The van der Waals surface area contributed by atoms with E-state index in [4.69, 9.17) is 11.6 Å². The fourth-order valence-electron chi connectivity index (χ4n) is 2.03. The SMILES string of the molecule is CCNC(C)CC(=O)Cc1c(Cl)c(CC)nn1C. The first kappa shape index (κ1) is 15.2. The number of carbonyl (C=O) groups is 1. The largest absolute Gasteiger partial charge is 0.314 e. The summed E-state index contributed by atoms with van der Waals surface area (Å²) in [7, 11) is 1.83. The highest BCUT2D eigenvalue weighted by molar-refractivity contribution is 6.32. The number of aryl methyl sites for hydroxylation is 2. The van der Waals surface area contributed by atoms with Gasteiger partial charge in [0.1, 0.15) is 5.78 Å². The monoisotopic (exact) mass is 271 g/mol. The molecule has 0 aliphatic carbocycles. The van der Waals surface area contributed by atoms with E-state index in [1.807, 2.05) is 27.8 Å². The maximum absolute atomic E-state index is 12.0. The van der Waals surface area contributed by atoms with E-state index in [1.54, 1.807) is 4.68 Å². The van der Waals surface area contributed by atoms with Crippen molar-refractivity contribution >= 4 is 17.4 Å². The predicted molar refractivity (Wildman–Crippen MR) is 74.1 cm³/mol. The summed E-state index contributed by atoms with van der Waals surface area (Å²) in [4.78, 5) is 12.0. The van der Waals surface area contributed by atoms with Crippen molar-refractivity contribution in [1.82, 2.24) is 15.1 Å². The summed E-state index contributed by atoms with van der Waals surface area (Å²) in [6.45, 7) is 6.93. The molecule has 1 aromatic rings. The maximum atomic E-state index is 12.0. The minimum absolute atomic E-state index is 0.191. The second kappa shape index (κ2) is 6.90. The van der Waals surface area contributed by atoms with Gasteiger partial charge in [0.25, 0.3) is 0 Å².